The molecule has 0 unspecified atom stereocenters. The molecule has 1 rings (SSSR count). The zero-order chi connectivity index (χ0) is 11.9. The molecule has 1 aromatic rings. The molecular formula is C13H22OSi. The summed E-state index contributed by atoms with van der Waals surface area (Å²) >= 11 is 0. The summed E-state index contributed by atoms with van der Waals surface area (Å²) in [5.41, 5.74) is 1.22. The maximum atomic E-state index is 10.0. The molecule has 0 aliphatic rings. The van der Waals surface area contributed by atoms with Crippen molar-refractivity contribution >= 4 is 13.3 Å². The number of phenolic OH excluding ortho intramolecular Hbond substituents is 1. The first-order valence-corrected chi connectivity index (χ1v) is 8.47. The molecule has 0 aromatic heterocycles. The fourth-order valence-corrected chi connectivity index (χ4v) is 4.38. The van der Waals surface area contributed by atoms with Crippen molar-refractivity contribution < 1.29 is 5.11 Å². The number of benzene rings is 1. The van der Waals surface area contributed by atoms with Crippen LogP contribution < -0.4 is 5.19 Å². The topological polar surface area (TPSA) is 20.2 Å². The van der Waals surface area contributed by atoms with Gasteiger partial charge in [-0.2, -0.15) is 0 Å². The molecule has 0 saturated carbocycles. The highest BCUT2D eigenvalue weighted by atomic mass is 28.3. The van der Waals surface area contributed by atoms with E-state index in [1.54, 1.807) is 0 Å². The summed E-state index contributed by atoms with van der Waals surface area (Å²) in [4.78, 5) is 0. The van der Waals surface area contributed by atoms with Gasteiger partial charge in [0.25, 0.3) is 0 Å². The van der Waals surface area contributed by atoms with Gasteiger partial charge < -0.3 is 5.11 Å². The molecule has 0 amide bonds. The monoisotopic (exact) mass is 222 g/mol. The van der Waals surface area contributed by atoms with Crippen molar-refractivity contribution in [2.75, 3.05) is 0 Å². The fraction of sp³-hybridized carbons (Fsp3) is 0.538. The molecule has 0 heterocycles. The van der Waals surface area contributed by atoms with Crippen LogP contribution in [0.25, 0.3) is 0 Å². The summed E-state index contributed by atoms with van der Waals surface area (Å²) in [6.45, 7) is 13.6. The third-order valence-corrected chi connectivity index (χ3v) is 9.40. The van der Waals surface area contributed by atoms with Gasteiger partial charge >= 0.3 is 0 Å². The van der Waals surface area contributed by atoms with Gasteiger partial charge in [0.05, 0.1) is 8.07 Å². The maximum Gasteiger partial charge on any atom is 0.115 e. The van der Waals surface area contributed by atoms with Crippen molar-refractivity contribution in [2.45, 2.75) is 45.8 Å². The van der Waals surface area contributed by atoms with Crippen LogP contribution in [0.2, 0.25) is 18.1 Å². The number of hydrogen-bond acceptors (Lipinski definition) is 1. The first-order valence-electron chi connectivity index (χ1n) is 5.47. The molecule has 0 aliphatic carbocycles. The highest BCUT2D eigenvalue weighted by Crippen LogP contribution is 2.37. The van der Waals surface area contributed by atoms with E-state index in [1.165, 1.54) is 10.8 Å². The van der Waals surface area contributed by atoms with Crippen LogP contribution in [-0.4, -0.2) is 13.2 Å². The summed E-state index contributed by atoms with van der Waals surface area (Å²) in [5, 5.41) is 11.5. The third-order valence-electron chi connectivity index (χ3n) is 3.75. The SMILES string of the molecule is Cc1cccc(O)c1[Si](C)(C)C(C)(C)C. The average Bonchev–Trinajstić information content (AvgIpc) is 2.00. The van der Waals surface area contributed by atoms with E-state index in [0.717, 1.165) is 0 Å². The second kappa shape index (κ2) is 3.67. The van der Waals surface area contributed by atoms with Crippen LogP contribution in [0.4, 0.5) is 0 Å². The van der Waals surface area contributed by atoms with Crippen LogP contribution in [0, 0.1) is 6.92 Å². The van der Waals surface area contributed by atoms with Gasteiger partial charge in [0.15, 0.2) is 0 Å². The lowest BCUT2D eigenvalue weighted by Gasteiger charge is -2.38. The normalized spacial score (nSPS) is 12.9. The minimum atomic E-state index is -1.62. The van der Waals surface area contributed by atoms with Gasteiger partial charge in [-0.25, -0.2) is 0 Å². The van der Waals surface area contributed by atoms with Crippen LogP contribution in [0.3, 0.4) is 0 Å². The Bertz CT molecular complexity index is 341. The van der Waals surface area contributed by atoms with Gasteiger partial charge in [-0.05, 0) is 28.8 Å². The second-order valence-electron chi connectivity index (χ2n) is 5.84. The van der Waals surface area contributed by atoms with Crippen molar-refractivity contribution in [3.05, 3.63) is 23.8 Å². The molecular weight excluding hydrogens is 200 g/mol. The highest BCUT2D eigenvalue weighted by molar-refractivity contribution is 6.93. The Morgan fingerprint density at radius 1 is 1.13 bits per heavy atom. The lowest BCUT2D eigenvalue weighted by Crippen LogP contribution is -2.50. The number of aryl methyl sites for hydroxylation is 1. The second-order valence-corrected chi connectivity index (χ2v) is 11.1. The molecule has 2 heteroatoms. The fourth-order valence-electron chi connectivity index (χ4n) is 1.84. The summed E-state index contributed by atoms with van der Waals surface area (Å²) in [5.74, 6) is 0.474. The molecule has 0 aliphatic heterocycles. The van der Waals surface area contributed by atoms with Crippen LogP contribution >= 0.6 is 0 Å². The van der Waals surface area contributed by atoms with Crippen molar-refractivity contribution in [3.63, 3.8) is 0 Å². The Morgan fingerprint density at radius 3 is 2.07 bits per heavy atom. The van der Waals surface area contributed by atoms with E-state index in [0.29, 0.717) is 5.75 Å². The summed E-state index contributed by atoms with van der Waals surface area (Å²) in [7, 11) is -1.62. The quantitative estimate of drug-likeness (QED) is 0.722. The highest BCUT2D eigenvalue weighted by Gasteiger charge is 2.39. The minimum absolute atomic E-state index is 0.261. The number of aromatic hydroxyl groups is 1. The third kappa shape index (κ3) is 2.10. The Morgan fingerprint density at radius 2 is 1.67 bits per heavy atom. The smallest absolute Gasteiger partial charge is 0.115 e. The first kappa shape index (κ1) is 12.3. The lowest BCUT2D eigenvalue weighted by atomic mass is 10.2. The van der Waals surface area contributed by atoms with E-state index in [9.17, 15) is 5.11 Å². The summed E-state index contributed by atoms with van der Waals surface area (Å²) < 4.78 is 0. The van der Waals surface area contributed by atoms with E-state index < -0.39 is 8.07 Å². The van der Waals surface area contributed by atoms with E-state index >= 15 is 0 Å². The lowest BCUT2D eigenvalue weighted by molar-refractivity contribution is 0.478. The van der Waals surface area contributed by atoms with Gasteiger partial charge in [-0.15, -0.1) is 0 Å². The first-order chi connectivity index (χ1) is 6.68. The Balaban J connectivity index is 3.39. The molecule has 15 heavy (non-hydrogen) atoms. The Kier molecular flexibility index (Phi) is 3.01. The van der Waals surface area contributed by atoms with Crippen LogP contribution in [0.1, 0.15) is 26.3 Å². The van der Waals surface area contributed by atoms with Gasteiger partial charge in [-0.3, -0.25) is 0 Å². The molecule has 1 N–H and O–H groups in total. The van der Waals surface area contributed by atoms with Gasteiger partial charge in [0.1, 0.15) is 5.75 Å². The summed E-state index contributed by atoms with van der Waals surface area (Å²) in [6.07, 6.45) is 0. The van der Waals surface area contributed by atoms with E-state index in [2.05, 4.69) is 46.9 Å². The van der Waals surface area contributed by atoms with Gasteiger partial charge in [0, 0.05) is 0 Å². The number of hydrogen-bond donors (Lipinski definition) is 1. The van der Waals surface area contributed by atoms with Crippen molar-refractivity contribution in [1.82, 2.24) is 0 Å². The molecule has 0 radical (unpaired) electrons. The van der Waals surface area contributed by atoms with E-state index in [4.69, 9.17) is 0 Å². The number of phenols is 1. The molecule has 0 spiro atoms. The predicted octanol–water partition coefficient (Wildman–Crippen LogP) is 3.42. The molecule has 0 bridgehead atoms. The maximum absolute atomic E-state index is 10.0. The van der Waals surface area contributed by atoms with Gasteiger partial charge in [-0.1, -0.05) is 46.0 Å². The molecule has 1 aromatic carbocycles. The van der Waals surface area contributed by atoms with Crippen molar-refractivity contribution in [2.24, 2.45) is 0 Å². The predicted molar refractivity (Wildman–Crippen MR) is 69.7 cm³/mol. The molecule has 0 fully saturated rings. The van der Waals surface area contributed by atoms with Crippen LogP contribution in [0.15, 0.2) is 18.2 Å². The standard InChI is InChI=1S/C13H22OSi/c1-10-8-7-9-11(14)12(10)15(5,6)13(2,3)4/h7-9,14H,1-6H3. The Hall–Kier alpha value is -0.763. The summed E-state index contributed by atoms with van der Waals surface area (Å²) in [6, 6.07) is 5.82. The number of rotatable bonds is 1. The van der Waals surface area contributed by atoms with Crippen molar-refractivity contribution in [1.29, 1.82) is 0 Å². The minimum Gasteiger partial charge on any atom is -0.508 e. The zero-order valence-electron chi connectivity index (χ0n) is 10.7. The average molecular weight is 222 g/mol. The zero-order valence-corrected chi connectivity index (χ0v) is 11.7. The van der Waals surface area contributed by atoms with Crippen LogP contribution in [0.5, 0.6) is 5.75 Å². The molecule has 1 nitrogen and oxygen atoms in total. The van der Waals surface area contributed by atoms with Crippen LogP contribution in [-0.2, 0) is 0 Å². The molecule has 84 valence electrons. The van der Waals surface area contributed by atoms with Crippen molar-refractivity contribution in [3.8, 4) is 5.75 Å². The van der Waals surface area contributed by atoms with E-state index in [1.807, 2.05) is 12.1 Å². The van der Waals surface area contributed by atoms with Gasteiger partial charge in [0.2, 0.25) is 0 Å². The van der Waals surface area contributed by atoms with E-state index in [-0.39, 0.29) is 5.04 Å². The molecule has 0 saturated heterocycles. The molecule has 0 atom stereocenters. The largest absolute Gasteiger partial charge is 0.508 e. The Labute approximate surface area is 94.2 Å².